The summed E-state index contributed by atoms with van der Waals surface area (Å²) in [6, 6.07) is -0.727. The summed E-state index contributed by atoms with van der Waals surface area (Å²) in [4.78, 5) is 13.0. The Morgan fingerprint density at radius 3 is 1.44 bits per heavy atom. The number of hydrogen-bond acceptors (Lipinski definition) is 8. The SMILES string of the molecule is CC/C=C\C/C=C\C/C=C\C/C=C\C/C=C\C/C=C\C/C=C\C/C=C\CCCCCCCCCCC(=O)NC(COC1OC(CO)C(O)C(O)C1O)C(O)CCCCCCCCCC. The van der Waals surface area contributed by atoms with E-state index >= 15 is 0 Å². The summed E-state index contributed by atoms with van der Waals surface area (Å²) in [7, 11) is 0. The van der Waals surface area contributed by atoms with Crippen molar-refractivity contribution in [3.8, 4) is 0 Å². The maximum Gasteiger partial charge on any atom is 0.220 e. The van der Waals surface area contributed by atoms with Gasteiger partial charge in [-0.2, -0.15) is 0 Å². The minimum Gasteiger partial charge on any atom is -0.394 e. The van der Waals surface area contributed by atoms with Crippen LogP contribution in [-0.4, -0.2) is 87.5 Å². The number of hydrogen-bond donors (Lipinski definition) is 6. The van der Waals surface area contributed by atoms with Gasteiger partial charge in [-0.05, 0) is 77.0 Å². The van der Waals surface area contributed by atoms with Gasteiger partial charge in [0.05, 0.1) is 25.4 Å². The number of unbranched alkanes of at least 4 members (excludes halogenated alkanes) is 15. The Morgan fingerprint density at radius 2 is 0.969 bits per heavy atom. The summed E-state index contributed by atoms with van der Waals surface area (Å²) in [6.45, 7) is 3.66. The standard InChI is InChI=1S/C55H93NO8/c1-3-5-7-9-11-13-14-15-16-17-18-19-20-21-22-23-24-25-26-27-28-29-30-31-32-33-34-35-36-37-39-41-43-45-51(59)56-48(49(58)44-42-40-38-12-10-8-6-4-2)47-63-55-54(62)53(61)52(60)50(46-57)64-55/h5,7,11,13,15-16,18-19,21-22,24-25,27-28,30-31,48-50,52-55,57-58,60-62H,3-4,6,8-10,12,14,17,20,23,26,29,32-47H2,1-2H3,(H,56,59)/b7-5-,13-11-,16-15-,19-18-,22-21-,25-24-,28-27-,31-30-. The maximum absolute atomic E-state index is 13.0. The van der Waals surface area contributed by atoms with Crippen LogP contribution in [0.25, 0.3) is 0 Å². The molecule has 64 heavy (non-hydrogen) atoms. The molecule has 7 unspecified atom stereocenters. The first-order valence-electron chi connectivity index (χ1n) is 25.4. The molecule has 1 heterocycles. The van der Waals surface area contributed by atoms with E-state index in [4.69, 9.17) is 9.47 Å². The zero-order valence-corrected chi connectivity index (χ0v) is 40.2. The van der Waals surface area contributed by atoms with Crippen LogP contribution < -0.4 is 5.32 Å². The normalized spacial score (nSPS) is 20.9. The van der Waals surface area contributed by atoms with Gasteiger partial charge < -0.3 is 40.3 Å². The van der Waals surface area contributed by atoms with E-state index in [1.54, 1.807) is 0 Å². The summed E-state index contributed by atoms with van der Waals surface area (Å²) >= 11 is 0. The van der Waals surface area contributed by atoms with Gasteiger partial charge in [-0.1, -0.05) is 201 Å². The Morgan fingerprint density at radius 1 is 0.547 bits per heavy atom. The van der Waals surface area contributed by atoms with Crippen LogP contribution in [0.2, 0.25) is 0 Å². The van der Waals surface area contributed by atoms with Gasteiger partial charge in [0.2, 0.25) is 5.91 Å². The summed E-state index contributed by atoms with van der Waals surface area (Å²) in [6.07, 6.45) is 55.9. The summed E-state index contributed by atoms with van der Waals surface area (Å²) in [5.41, 5.74) is 0. The lowest BCUT2D eigenvalue weighted by atomic mass is 9.99. The fourth-order valence-corrected chi connectivity index (χ4v) is 7.41. The Hall–Kier alpha value is -2.89. The van der Waals surface area contributed by atoms with Crippen LogP contribution in [0.4, 0.5) is 0 Å². The van der Waals surface area contributed by atoms with Gasteiger partial charge in [0.15, 0.2) is 6.29 Å². The van der Waals surface area contributed by atoms with Crippen molar-refractivity contribution in [3.05, 3.63) is 97.2 Å². The Kier molecular flexibility index (Phi) is 40.6. The first kappa shape index (κ1) is 59.1. The number of nitrogens with one attached hydrogen (secondary N) is 1. The number of ether oxygens (including phenoxy) is 2. The second-order valence-corrected chi connectivity index (χ2v) is 17.2. The number of carbonyl (C=O) groups is 1. The molecule has 1 aliphatic heterocycles. The third kappa shape index (κ3) is 33.6. The van der Waals surface area contributed by atoms with E-state index in [1.165, 1.54) is 57.8 Å². The molecule has 9 nitrogen and oxygen atoms in total. The molecule has 0 saturated carbocycles. The molecule has 0 aromatic carbocycles. The van der Waals surface area contributed by atoms with Crippen molar-refractivity contribution in [2.45, 2.75) is 230 Å². The van der Waals surface area contributed by atoms with Crippen molar-refractivity contribution in [2.24, 2.45) is 0 Å². The summed E-state index contributed by atoms with van der Waals surface area (Å²) in [5, 5.41) is 54.2. The smallest absolute Gasteiger partial charge is 0.220 e. The molecule has 0 aromatic rings. The molecular formula is C55H93NO8. The van der Waals surface area contributed by atoms with Crippen LogP contribution in [0, 0.1) is 0 Å². The molecular weight excluding hydrogens is 803 g/mol. The van der Waals surface area contributed by atoms with E-state index in [2.05, 4.69) is 116 Å². The highest BCUT2D eigenvalue weighted by Gasteiger charge is 2.44. The van der Waals surface area contributed by atoms with E-state index in [-0.39, 0.29) is 12.5 Å². The van der Waals surface area contributed by atoms with Crippen molar-refractivity contribution in [1.29, 1.82) is 0 Å². The molecule has 1 fully saturated rings. The van der Waals surface area contributed by atoms with Crippen LogP contribution >= 0.6 is 0 Å². The minimum absolute atomic E-state index is 0.148. The highest BCUT2D eigenvalue weighted by Crippen LogP contribution is 2.23. The number of amides is 1. The fraction of sp³-hybridized carbons (Fsp3) is 0.691. The quantitative estimate of drug-likeness (QED) is 0.0262. The topological polar surface area (TPSA) is 149 Å². The molecule has 1 aliphatic rings. The van der Waals surface area contributed by atoms with Gasteiger partial charge in [0.25, 0.3) is 0 Å². The second kappa shape index (κ2) is 44.0. The third-order valence-corrected chi connectivity index (χ3v) is 11.5. The van der Waals surface area contributed by atoms with Crippen molar-refractivity contribution in [3.63, 3.8) is 0 Å². The first-order valence-corrected chi connectivity index (χ1v) is 25.4. The number of aliphatic hydroxyl groups excluding tert-OH is 5. The molecule has 7 atom stereocenters. The molecule has 6 N–H and O–H groups in total. The van der Waals surface area contributed by atoms with Crippen molar-refractivity contribution in [1.82, 2.24) is 5.32 Å². The minimum atomic E-state index is -1.56. The van der Waals surface area contributed by atoms with Gasteiger partial charge in [0.1, 0.15) is 24.4 Å². The number of rotatable bonds is 41. The molecule has 366 valence electrons. The zero-order valence-electron chi connectivity index (χ0n) is 40.2. The Bertz CT molecular complexity index is 1320. The summed E-state index contributed by atoms with van der Waals surface area (Å²) < 4.78 is 11.2. The molecule has 0 bridgehead atoms. The van der Waals surface area contributed by atoms with E-state index in [0.29, 0.717) is 12.8 Å². The van der Waals surface area contributed by atoms with Crippen molar-refractivity contribution < 1.29 is 39.8 Å². The lowest BCUT2D eigenvalue weighted by Gasteiger charge is -2.40. The number of allylic oxidation sites excluding steroid dienone is 16. The highest BCUT2D eigenvalue weighted by molar-refractivity contribution is 5.76. The second-order valence-electron chi connectivity index (χ2n) is 17.2. The van der Waals surface area contributed by atoms with Crippen LogP contribution in [0.3, 0.4) is 0 Å². The van der Waals surface area contributed by atoms with Crippen LogP contribution in [0.5, 0.6) is 0 Å². The van der Waals surface area contributed by atoms with Crippen molar-refractivity contribution >= 4 is 5.91 Å². The number of carbonyl (C=O) groups excluding carboxylic acids is 1. The fourth-order valence-electron chi connectivity index (χ4n) is 7.41. The Labute approximate surface area is 390 Å². The lowest BCUT2D eigenvalue weighted by Crippen LogP contribution is -2.60. The van der Waals surface area contributed by atoms with Crippen LogP contribution in [0.1, 0.15) is 187 Å². The first-order chi connectivity index (χ1) is 31.3. The molecule has 0 spiro atoms. The Balaban J connectivity index is 2.16. The predicted molar refractivity (Wildman–Crippen MR) is 267 cm³/mol. The van der Waals surface area contributed by atoms with E-state index in [1.807, 2.05) is 0 Å². The van der Waals surface area contributed by atoms with Crippen LogP contribution in [-0.2, 0) is 14.3 Å². The molecule has 1 amide bonds. The summed E-state index contributed by atoms with van der Waals surface area (Å²) in [5.74, 6) is -0.161. The zero-order chi connectivity index (χ0) is 46.6. The predicted octanol–water partition coefficient (Wildman–Crippen LogP) is 11.7. The lowest BCUT2D eigenvalue weighted by molar-refractivity contribution is -0.302. The van der Waals surface area contributed by atoms with Crippen LogP contribution in [0.15, 0.2) is 97.2 Å². The van der Waals surface area contributed by atoms with Gasteiger partial charge in [-0.15, -0.1) is 0 Å². The van der Waals surface area contributed by atoms with E-state index in [9.17, 15) is 30.3 Å². The van der Waals surface area contributed by atoms with Crippen molar-refractivity contribution in [2.75, 3.05) is 13.2 Å². The average Bonchev–Trinajstić information content (AvgIpc) is 3.29. The third-order valence-electron chi connectivity index (χ3n) is 11.5. The van der Waals surface area contributed by atoms with Gasteiger partial charge in [-0.25, -0.2) is 0 Å². The largest absolute Gasteiger partial charge is 0.394 e. The molecule has 0 aliphatic carbocycles. The molecule has 0 radical (unpaired) electrons. The molecule has 1 rings (SSSR count). The van der Waals surface area contributed by atoms with Gasteiger partial charge in [-0.3, -0.25) is 4.79 Å². The molecule has 9 heteroatoms. The van der Waals surface area contributed by atoms with Gasteiger partial charge in [0, 0.05) is 6.42 Å². The average molecular weight is 896 g/mol. The maximum atomic E-state index is 13.0. The van der Waals surface area contributed by atoms with E-state index < -0.39 is 49.5 Å². The highest BCUT2D eigenvalue weighted by atomic mass is 16.7. The van der Waals surface area contributed by atoms with Gasteiger partial charge >= 0.3 is 0 Å². The van der Waals surface area contributed by atoms with E-state index in [0.717, 1.165) is 103 Å². The number of aliphatic hydroxyl groups is 5. The molecule has 1 saturated heterocycles. The molecule has 0 aromatic heterocycles. The monoisotopic (exact) mass is 896 g/mol.